The largest absolute Gasteiger partial charge is 0.459 e. The van der Waals surface area contributed by atoms with E-state index in [1.807, 2.05) is 0 Å². The molecule has 0 fully saturated rings. The van der Waals surface area contributed by atoms with Gasteiger partial charge in [-0.3, -0.25) is 4.79 Å². The fraction of sp³-hybridized carbons (Fsp3) is 0.500. The Morgan fingerprint density at radius 1 is 1.38 bits per heavy atom. The van der Waals surface area contributed by atoms with Gasteiger partial charge in [0.1, 0.15) is 23.9 Å². The third kappa shape index (κ3) is 6.44. The van der Waals surface area contributed by atoms with Crippen LogP contribution in [0.25, 0.3) is 0 Å². The van der Waals surface area contributed by atoms with Crippen LogP contribution in [-0.2, 0) is 20.9 Å². The molecule has 7 heteroatoms. The van der Waals surface area contributed by atoms with E-state index >= 15 is 0 Å². The van der Waals surface area contributed by atoms with Crippen molar-refractivity contribution >= 4 is 23.7 Å². The molecule has 1 rings (SSSR count). The summed E-state index contributed by atoms with van der Waals surface area (Å²) in [6, 6.07) is 3.40. The first-order valence-corrected chi connectivity index (χ1v) is 6.76. The van der Waals surface area contributed by atoms with Crippen molar-refractivity contribution in [2.75, 3.05) is 13.6 Å². The van der Waals surface area contributed by atoms with Crippen molar-refractivity contribution in [3.63, 3.8) is 0 Å². The van der Waals surface area contributed by atoms with Crippen LogP contribution in [0.2, 0.25) is 5.15 Å². The average Bonchev–Trinajstić information content (AvgIpc) is 2.35. The lowest BCUT2D eigenvalue weighted by atomic mass is 10.2. The minimum Gasteiger partial charge on any atom is -0.459 e. The fourth-order valence-corrected chi connectivity index (χ4v) is 1.50. The summed E-state index contributed by atoms with van der Waals surface area (Å²) in [5.74, 6) is -0.553. The smallest absolute Gasteiger partial charge is 0.410 e. The van der Waals surface area contributed by atoms with Gasteiger partial charge in [-0.2, -0.15) is 0 Å². The first kappa shape index (κ1) is 17.2. The number of rotatable bonds is 4. The maximum absolute atomic E-state index is 11.7. The molecule has 6 nitrogen and oxygen atoms in total. The van der Waals surface area contributed by atoms with Gasteiger partial charge >= 0.3 is 12.1 Å². The van der Waals surface area contributed by atoms with Gasteiger partial charge < -0.3 is 14.4 Å². The minimum absolute atomic E-state index is 0.00760. The Bertz CT molecular complexity index is 514. The minimum atomic E-state index is -0.613. The van der Waals surface area contributed by atoms with Gasteiger partial charge in [0, 0.05) is 18.8 Å². The van der Waals surface area contributed by atoms with Crippen LogP contribution in [0.3, 0.4) is 0 Å². The number of ether oxygens (including phenoxy) is 2. The van der Waals surface area contributed by atoms with Crippen molar-refractivity contribution < 1.29 is 19.1 Å². The van der Waals surface area contributed by atoms with Gasteiger partial charge in [0.25, 0.3) is 0 Å². The van der Waals surface area contributed by atoms with Crippen molar-refractivity contribution in [3.05, 3.63) is 29.0 Å². The van der Waals surface area contributed by atoms with Gasteiger partial charge in [-0.15, -0.1) is 0 Å². The van der Waals surface area contributed by atoms with E-state index in [2.05, 4.69) is 4.98 Å². The van der Waals surface area contributed by atoms with E-state index in [1.165, 1.54) is 7.05 Å². The number of carbonyl (C=O) groups excluding carboxylic acids is 2. The Kier molecular flexibility index (Phi) is 5.96. The molecular weight excluding hydrogens is 296 g/mol. The summed E-state index contributed by atoms with van der Waals surface area (Å²) >= 11 is 5.85. The first-order chi connectivity index (χ1) is 9.69. The van der Waals surface area contributed by atoms with Crippen LogP contribution in [0.1, 0.15) is 26.3 Å². The highest BCUT2D eigenvalue weighted by atomic mass is 35.5. The van der Waals surface area contributed by atoms with Crippen molar-refractivity contribution in [2.24, 2.45) is 0 Å². The number of nitrogens with zero attached hydrogens (tertiary/aromatic N) is 2. The van der Waals surface area contributed by atoms with Crippen LogP contribution in [-0.4, -0.2) is 41.1 Å². The molecule has 0 aliphatic heterocycles. The quantitative estimate of drug-likeness (QED) is 0.631. The monoisotopic (exact) mass is 314 g/mol. The molecule has 0 bridgehead atoms. The summed E-state index contributed by atoms with van der Waals surface area (Å²) in [6.45, 7) is 5.06. The van der Waals surface area contributed by atoms with E-state index in [4.69, 9.17) is 21.1 Å². The Hall–Kier alpha value is -1.82. The van der Waals surface area contributed by atoms with E-state index in [-0.39, 0.29) is 18.3 Å². The molecule has 0 unspecified atom stereocenters. The number of likely N-dealkylation sites (N-methyl/N-ethyl adjacent to an activating group) is 1. The number of amides is 1. The zero-order chi connectivity index (χ0) is 16.0. The number of esters is 1. The summed E-state index contributed by atoms with van der Waals surface area (Å²) in [5, 5.41) is 0.283. The van der Waals surface area contributed by atoms with Gasteiger partial charge in [0.05, 0.1) is 0 Å². The molecule has 0 saturated carbocycles. The summed E-state index contributed by atoms with van der Waals surface area (Å²) in [6.07, 6.45) is 0.961. The molecule has 0 saturated heterocycles. The second kappa shape index (κ2) is 7.26. The fourth-order valence-electron chi connectivity index (χ4n) is 1.33. The third-order valence-corrected chi connectivity index (χ3v) is 2.64. The molecule has 1 aromatic heterocycles. The molecule has 0 spiro atoms. The van der Waals surface area contributed by atoms with Crippen molar-refractivity contribution in [2.45, 2.75) is 33.0 Å². The predicted molar refractivity (Wildman–Crippen MR) is 77.9 cm³/mol. The molecule has 1 heterocycles. The molecule has 1 amide bonds. The molecule has 21 heavy (non-hydrogen) atoms. The Morgan fingerprint density at radius 2 is 2.05 bits per heavy atom. The van der Waals surface area contributed by atoms with Gasteiger partial charge in [0.2, 0.25) is 0 Å². The van der Waals surface area contributed by atoms with E-state index in [0.717, 1.165) is 4.90 Å². The highest BCUT2D eigenvalue weighted by molar-refractivity contribution is 6.30. The van der Waals surface area contributed by atoms with Gasteiger partial charge in [-0.05, 0) is 26.8 Å². The molecule has 0 aromatic carbocycles. The van der Waals surface area contributed by atoms with Gasteiger partial charge in [-0.25, -0.2) is 9.78 Å². The van der Waals surface area contributed by atoms with Crippen molar-refractivity contribution in [3.8, 4) is 0 Å². The summed E-state index contributed by atoms with van der Waals surface area (Å²) in [5.41, 5.74) is -0.00851. The Labute approximate surface area is 129 Å². The van der Waals surface area contributed by atoms with Crippen LogP contribution in [0.15, 0.2) is 18.3 Å². The normalized spacial score (nSPS) is 10.9. The molecule has 1 aromatic rings. The predicted octanol–water partition coefficient (Wildman–Crippen LogP) is 2.65. The summed E-state index contributed by atoms with van der Waals surface area (Å²) in [7, 11) is 1.46. The van der Waals surface area contributed by atoms with E-state index in [1.54, 1.807) is 39.1 Å². The number of aromatic nitrogens is 1. The van der Waals surface area contributed by atoms with Gasteiger partial charge in [-0.1, -0.05) is 17.7 Å². The first-order valence-electron chi connectivity index (χ1n) is 6.38. The molecule has 0 N–H and O–H groups in total. The number of hydrogen-bond acceptors (Lipinski definition) is 5. The third-order valence-electron chi connectivity index (χ3n) is 2.30. The summed E-state index contributed by atoms with van der Waals surface area (Å²) < 4.78 is 10.2. The van der Waals surface area contributed by atoms with Crippen LogP contribution in [0.4, 0.5) is 4.79 Å². The van der Waals surface area contributed by atoms with Crippen LogP contribution in [0.5, 0.6) is 0 Å². The zero-order valence-corrected chi connectivity index (χ0v) is 13.3. The highest BCUT2D eigenvalue weighted by Gasteiger charge is 2.21. The topological polar surface area (TPSA) is 68.7 Å². The van der Waals surface area contributed by atoms with E-state index in [0.29, 0.717) is 5.56 Å². The molecule has 0 atom stereocenters. The van der Waals surface area contributed by atoms with Gasteiger partial charge in [0.15, 0.2) is 0 Å². The van der Waals surface area contributed by atoms with Crippen LogP contribution >= 0.6 is 11.6 Å². The molecule has 116 valence electrons. The van der Waals surface area contributed by atoms with Crippen molar-refractivity contribution in [1.29, 1.82) is 0 Å². The number of hydrogen-bond donors (Lipinski definition) is 0. The maximum Gasteiger partial charge on any atom is 0.410 e. The highest BCUT2D eigenvalue weighted by Crippen LogP contribution is 2.13. The molecule has 0 aliphatic carbocycles. The lowest BCUT2D eigenvalue weighted by Crippen LogP contribution is -2.37. The average molecular weight is 315 g/mol. The second-order valence-electron chi connectivity index (χ2n) is 5.45. The maximum atomic E-state index is 11.7. The Balaban J connectivity index is 2.43. The lowest BCUT2D eigenvalue weighted by molar-refractivity contribution is -0.145. The lowest BCUT2D eigenvalue weighted by Gasteiger charge is -2.24. The molecule has 0 radical (unpaired) electrons. The molecule has 0 aliphatic rings. The van der Waals surface area contributed by atoms with E-state index in [9.17, 15) is 9.59 Å². The number of carbonyl (C=O) groups is 2. The number of pyridine rings is 1. The van der Waals surface area contributed by atoms with Crippen LogP contribution < -0.4 is 0 Å². The molecular formula is C14H19ClN2O4. The standard InChI is InChI=1S/C14H19ClN2O4/c1-14(2,3)21-13(19)17(4)8-11(18)20-9-10-6-5-7-16-12(10)15/h5-7H,8-9H2,1-4H3. The van der Waals surface area contributed by atoms with Crippen molar-refractivity contribution in [1.82, 2.24) is 9.88 Å². The SMILES string of the molecule is CN(CC(=O)OCc1cccnc1Cl)C(=O)OC(C)(C)C. The van der Waals surface area contributed by atoms with Crippen LogP contribution in [0, 0.1) is 0 Å². The second-order valence-corrected chi connectivity index (χ2v) is 5.81. The Morgan fingerprint density at radius 3 is 2.62 bits per heavy atom. The zero-order valence-electron chi connectivity index (χ0n) is 12.6. The van der Waals surface area contributed by atoms with E-state index < -0.39 is 17.7 Å². The number of halogens is 1. The summed E-state index contributed by atoms with van der Waals surface area (Å²) in [4.78, 5) is 28.4.